The van der Waals surface area contributed by atoms with Crippen molar-refractivity contribution in [1.29, 1.82) is 0 Å². The van der Waals surface area contributed by atoms with Crippen LogP contribution in [-0.2, 0) is 0 Å². The number of likely N-dealkylation sites (tertiary alicyclic amines) is 1. The molecule has 1 saturated heterocycles. The van der Waals surface area contributed by atoms with Crippen LogP contribution < -0.4 is 9.47 Å². The van der Waals surface area contributed by atoms with Crippen molar-refractivity contribution in [3.63, 3.8) is 0 Å². The van der Waals surface area contributed by atoms with Gasteiger partial charge in [-0.05, 0) is 38.0 Å². The van der Waals surface area contributed by atoms with Crippen LogP contribution in [0, 0.1) is 5.92 Å². The number of piperidine rings is 1. The third-order valence-electron chi connectivity index (χ3n) is 4.92. The number of ether oxygens (including phenoxy) is 2. The summed E-state index contributed by atoms with van der Waals surface area (Å²) >= 11 is 0. The first-order valence-electron chi connectivity index (χ1n) is 9.33. The third-order valence-corrected chi connectivity index (χ3v) is 4.92. The number of carbonyl (C=O) groups is 2. The number of benzene rings is 2. The summed E-state index contributed by atoms with van der Waals surface area (Å²) in [6, 6.07) is 14.6. The highest BCUT2D eigenvalue weighted by atomic mass is 16.5. The summed E-state index contributed by atoms with van der Waals surface area (Å²) in [6.07, 6.45) is 1.38. The minimum absolute atomic E-state index is 0.0219. The second kappa shape index (κ2) is 8.71. The second-order valence-corrected chi connectivity index (χ2v) is 6.60. The molecular weight excluding hydrogens is 342 g/mol. The van der Waals surface area contributed by atoms with Crippen LogP contribution in [0.15, 0.2) is 48.5 Å². The quantitative estimate of drug-likeness (QED) is 0.728. The Balaban J connectivity index is 1.65. The molecule has 0 N–H and O–H groups in total. The lowest BCUT2D eigenvalue weighted by molar-refractivity contribution is 0.0650. The Bertz CT molecular complexity index is 795. The van der Waals surface area contributed by atoms with Gasteiger partial charge in [0.25, 0.3) is 5.91 Å². The van der Waals surface area contributed by atoms with Gasteiger partial charge in [-0.15, -0.1) is 0 Å². The molecule has 1 amide bonds. The molecule has 5 heteroatoms. The molecule has 142 valence electrons. The van der Waals surface area contributed by atoms with Gasteiger partial charge in [0.1, 0.15) is 0 Å². The average Bonchev–Trinajstić information content (AvgIpc) is 2.73. The summed E-state index contributed by atoms with van der Waals surface area (Å²) in [6.45, 7) is 3.56. The molecular formula is C22H25NO4. The number of carbonyl (C=O) groups excluding carboxylic acids is 2. The number of hydrogen-bond acceptors (Lipinski definition) is 4. The van der Waals surface area contributed by atoms with Crippen molar-refractivity contribution < 1.29 is 19.1 Å². The first kappa shape index (κ1) is 19.0. The Kier molecular flexibility index (Phi) is 6.12. The maximum Gasteiger partial charge on any atom is 0.253 e. The van der Waals surface area contributed by atoms with Gasteiger partial charge in [0.15, 0.2) is 17.3 Å². The molecule has 0 aromatic heterocycles. The lowest BCUT2D eigenvalue weighted by Crippen LogP contribution is -2.40. The molecule has 2 aromatic carbocycles. The molecule has 0 aliphatic carbocycles. The van der Waals surface area contributed by atoms with E-state index in [1.165, 1.54) is 0 Å². The van der Waals surface area contributed by atoms with E-state index in [4.69, 9.17) is 9.47 Å². The standard InChI is InChI=1S/C22H25NO4/c1-3-27-20-15-18(9-10-19(20)26-2)22(25)23-13-11-17(12-14-23)21(24)16-7-5-4-6-8-16/h4-10,15,17H,3,11-14H2,1-2H3. The Morgan fingerprint density at radius 3 is 2.33 bits per heavy atom. The van der Waals surface area contributed by atoms with Crippen LogP contribution in [0.3, 0.4) is 0 Å². The number of Topliss-reactive ketones (excluding diaryl/α,β-unsaturated/α-hetero) is 1. The van der Waals surface area contributed by atoms with Crippen LogP contribution in [-0.4, -0.2) is 43.4 Å². The van der Waals surface area contributed by atoms with Crippen LogP contribution in [0.2, 0.25) is 0 Å². The molecule has 1 heterocycles. The third kappa shape index (κ3) is 4.30. The monoisotopic (exact) mass is 367 g/mol. The van der Waals surface area contributed by atoms with E-state index in [-0.39, 0.29) is 17.6 Å². The van der Waals surface area contributed by atoms with Gasteiger partial charge in [-0.1, -0.05) is 30.3 Å². The van der Waals surface area contributed by atoms with Gasteiger partial charge < -0.3 is 14.4 Å². The van der Waals surface area contributed by atoms with Gasteiger partial charge in [0.05, 0.1) is 13.7 Å². The van der Waals surface area contributed by atoms with Gasteiger partial charge in [-0.2, -0.15) is 0 Å². The molecule has 0 radical (unpaired) electrons. The minimum atomic E-state index is -0.0378. The highest BCUT2D eigenvalue weighted by molar-refractivity contribution is 5.98. The van der Waals surface area contributed by atoms with E-state index in [2.05, 4.69) is 0 Å². The lowest BCUT2D eigenvalue weighted by Gasteiger charge is -2.31. The van der Waals surface area contributed by atoms with Crippen molar-refractivity contribution in [2.45, 2.75) is 19.8 Å². The van der Waals surface area contributed by atoms with Gasteiger partial charge >= 0.3 is 0 Å². The molecule has 2 aromatic rings. The maximum absolute atomic E-state index is 12.8. The van der Waals surface area contributed by atoms with E-state index in [1.807, 2.05) is 42.2 Å². The number of ketones is 1. The molecule has 0 atom stereocenters. The molecule has 1 aliphatic rings. The highest BCUT2D eigenvalue weighted by Crippen LogP contribution is 2.29. The Hall–Kier alpha value is -2.82. The first-order chi connectivity index (χ1) is 13.1. The number of amides is 1. The first-order valence-corrected chi connectivity index (χ1v) is 9.33. The van der Waals surface area contributed by atoms with E-state index in [1.54, 1.807) is 25.3 Å². The molecule has 3 rings (SSSR count). The lowest BCUT2D eigenvalue weighted by atomic mass is 9.88. The number of rotatable bonds is 6. The Morgan fingerprint density at radius 2 is 1.70 bits per heavy atom. The number of hydrogen-bond donors (Lipinski definition) is 0. The molecule has 27 heavy (non-hydrogen) atoms. The smallest absolute Gasteiger partial charge is 0.253 e. The summed E-state index contributed by atoms with van der Waals surface area (Å²) in [5.74, 6) is 1.29. The predicted molar refractivity (Wildman–Crippen MR) is 104 cm³/mol. The molecule has 5 nitrogen and oxygen atoms in total. The van der Waals surface area contributed by atoms with Crippen molar-refractivity contribution in [2.24, 2.45) is 5.92 Å². The van der Waals surface area contributed by atoms with Crippen LogP contribution in [0.5, 0.6) is 11.5 Å². The minimum Gasteiger partial charge on any atom is -0.493 e. The van der Waals surface area contributed by atoms with Crippen molar-refractivity contribution in [2.75, 3.05) is 26.8 Å². The summed E-state index contributed by atoms with van der Waals surface area (Å²) in [5, 5.41) is 0. The SMILES string of the molecule is CCOc1cc(C(=O)N2CCC(C(=O)c3ccccc3)CC2)ccc1OC. The Labute approximate surface area is 159 Å². The zero-order valence-electron chi connectivity index (χ0n) is 15.8. The van der Waals surface area contributed by atoms with E-state index in [0.717, 1.165) is 5.56 Å². The summed E-state index contributed by atoms with van der Waals surface area (Å²) in [7, 11) is 1.58. The summed E-state index contributed by atoms with van der Waals surface area (Å²) < 4.78 is 10.8. The highest BCUT2D eigenvalue weighted by Gasteiger charge is 2.28. The molecule has 0 spiro atoms. The largest absolute Gasteiger partial charge is 0.493 e. The van der Waals surface area contributed by atoms with Gasteiger partial charge in [-0.3, -0.25) is 9.59 Å². The van der Waals surface area contributed by atoms with Gasteiger partial charge in [0.2, 0.25) is 0 Å². The predicted octanol–water partition coefficient (Wildman–Crippen LogP) is 3.83. The summed E-state index contributed by atoms with van der Waals surface area (Å²) in [5.41, 5.74) is 1.32. The zero-order valence-corrected chi connectivity index (χ0v) is 15.8. The fourth-order valence-electron chi connectivity index (χ4n) is 3.44. The van der Waals surface area contributed by atoms with Crippen LogP contribution in [0.25, 0.3) is 0 Å². The molecule has 1 fully saturated rings. The number of methoxy groups -OCH3 is 1. The molecule has 0 bridgehead atoms. The van der Waals surface area contributed by atoms with Crippen molar-refractivity contribution in [3.05, 3.63) is 59.7 Å². The van der Waals surface area contributed by atoms with Crippen LogP contribution >= 0.6 is 0 Å². The summed E-state index contributed by atoms with van der Waals surface area (Å²) in [4.78, 5) is 27.3. The van der Waals surface area contributed by atoms with Crippen molar-refractivity contribution >= 4 is 11.7 Å². The molecule has 0 saturated carbocycles. The second-order valence-electron chi connectivity index (χ2n) is 6.60. The zero-order chi connectivity index (χ0) is 19.2. The van der Waals surface area contributed by atoms with E-state index in [0.29, 0.717) is 49.6 Å². The maximum atomic E-state index is 12.8. The normalized spacial score (nSPS) is 14.7. The fourth-order valence-corrected chi connectivity index (χ4v) is 3.44. The number of nitrogens with zero attached hydrogens (tertiary/aromatic N) is 1. The average molecular weight is 367 g/mol. The van der Waals surface area contributed by atoms with E-state index >= 15 is 0 Å². The van der Waals surface area contributed by atoms with Gasteiger partial charge in [0, 0.05) is 30.1 Å². The molecule has 1 aliphatic heterocycles. The topological polar surface area (TPSA) is 55.8 Å². The molecule has 0 unspecified atom stereocenters. The fraction of sp³-hybridized carbons (Fsp3) is 0.364. The van der Waals surface area contributed by atoms with Crippen LogP contribution in [0.4, 0.5) is 0 Å². The van der Waals surface area contributed by atoms with Gasteiger partial charge in [-0.25, -0.2) is 0 Å². The van der Waals surface area contributed by atoms with Crippen molar-refractivity contribution in [3.8, 4) is 11.5 Å². The van der Waals surface area contributed by atoms with E-state index < -0.39 is 0 Å². The Morgan fingerprint density at radius 1 is 1.00 bits per heavy atom. The van der Waals surface area contributed by atoms with Crippen LogP contribution in [0.1, 0.15) is 40.5 Å². The van der Waals surface area contributed by atoms with Crippen molar-refractivity contribution in [1.82, 2.24) is 4.90 Å². The van der Waals surface area contributed by atoms with E-state index in [9.17, 15) is 9.59 Å².